The van der Waals surface area contributed by atoms with E-state index in [1.807, 2.05) is 6.92 Å². The van der Waals surface area contributed by atoms with E-state index in [4.69, 9.17) is 17.3 Å². The summed E-state index contributed by atoms with van der Waals surface area (Å²) >= 11 is 5.79. The zero-order valence-electron chi connectivity index (χ0n) is 9.98. The van der Waals surface area contributed by atoms with Crippen molar-refractivity contribution in [2.45, 2.75) is 19.8 Å². The number of halogens is 1. The number of hydrogen-bond donors (Lipinski definition) is 1. The Labute approximate surface area is 107 Å². The maximum absolute atomic E-state index is 11.9. The van der Waals surface area contributed by atoms with Crippen LogP contribution in [0.1, 0.15) is 19.8 Å². The summed E-state index contributed by atoms with van der Waals surface area (Å²) in [6.07, 6.45) is 1.49. The van der Waals surface area contributed by atoms with Crippen molar-refractivity contribution in [1.29, 1.82) is 0 Å². The highest BCUT2D eigenvalue weighted by atomic mass is 35.5. The minimum atomic E-state index is -3.27. The van der Waals surface area contributed by atoms with Crippen LogP contribution in [0, 0.1) is 0 Å². The summed E-state index contributed by atoms with van der Waals surface area (Å²) in [4.78, 5) is 0. The standard InChI is InChI=1S/C11H17ClN2O2S/c1-3-4-7-17(15,16)14(2)9-5-6-10(12)11(13)8-9/h5-6,8H,3-4,7,13H2,1-2H3. The molecule has 0 bridgehead atoms. The first kappa shape index (κ1) is 14.1. The highest BCUT2D eigenvalue weighted by Crippen LogP contribution is 2.26. The van der Waals surface area contributed by atoms with Crippen molar-refractivity contribution in [3.63, 3.8) is 0 Å². The normalized spacial score (nSPS) is 11.5. The van der Waals surface area contributed by atoms with Crippen LogP contribution in [-0.2, 0) is 10.0 Å². The van der Waals surface area contributed by atoms with Gasteiger partial charge in [0.2, 0.25) is 10.0 Å². The molecule has 1 aromatic rings. The molecular weight excluding hydrogens is 260 g/mol. The Hall–Kier alpha value is -0.940. The summed E-state index contributed by atoms with van der Waals surface area (Å²) < 4.78 is 25.1. The van der Waals surface area contributed by atoms with Gasteiger partial charge in [0.1, 0.15) is 0 Å². The van der Waals surface area contributed by atoms with Gasteiger partial charge in [0.05, 0.1) is 22.2 Å². The second kappa shape index (κ2) is 5.60. The lowest BCUT2D eigenvalue weighted by molar-refractivity contribution is 0.591. The molecule has 96 valence electrons. The number of nitrogen functional groups attached to an aromatic ring is 1. The van der Waals surface area contributed by atoms with Gasteiger partial charge < -0.3 is 5.73 Å². The van der Waals surface area contributed by atoms with Gasteiger partial charge in [-0.1, -0.05) is 24.9 Å². The van der Waals surface area contributed by atoms with Gasteiger partial charge in [-0.05, 0) is 24.6 Å². The van der Waals surface area contributed by atoms with Gasteiger partial charge in [0.15, 0.2) is 0 Å². The number of hydrogen-bond acceptors (Lipinski definition) is 3. The molecule has 0 aliphatic carbocycles. The van der Waals surface area contributed by atoms with Crippen molar-refractivity contribution >= 4 is 33.0 Å². The Morgan fingerprint density at radius 1 is 1.41 bits per heavy atom. The van der Waals surface area contributed by atoms with Crippen LogP contribution in [0.2, 0.25) is 5.02 Å². The highest BCUT2D eigenvalue weighted by Gasteiger charge is 2.18. The summed E-state index contributed by atoms with van der Waals surface area (Å²) in [7, 11) is -1.75. The van der Waals surface area contributed by atoms with Gasteiger partial charge in [0.25, 0.3) is 0 Å². The molecule has 0 amide bonds. The molecule has 0 saturated carbocycles. The third-order valence-corrected chi connectivity index (χ3v) is 4.71. The number of sulfonamides is 1. The average Bonchev–Trinajstić information content (AvgIpc) is 2.29. The van der Waals surface area contributed by atoms with Crippen LogP contribution in [0.5, 0.6) is 0 Å². The molecule has 0 fully saturated rings. The zero-order chi connectivity index (χ0) is 13.1. The lowest BCUT2D eigenvalue weighted by atomic mass is 10.3. The molecule has 6 heteroatoms. The van der Waals surface area contributed by atoms with E-state index in [1.54, 1.807) is 18.2 Å². The maximum atomic E-state index is 11.9. The fourth-order valence-electron chi connectivity index (χ4n) is 1.35. The summed E-state index contributed by atoms with van der Waals surface area (Å²) in [5.74, 6) is 0.141. The molecular formula is C11H17ClN2O2S. The Bertz CT molecular complexity index is 488. The second-order valence-corrected chi connectivity index (χ2v) is 6.37. The van der Waals surface area contributed by atoms with E-state index in [2.05, 4.69) is 0 Å². The van der Waals surface area contributed by atoms with Crippen molar-refractivity contribution in [3.05, 3.63) is 23.2 Å². The molecule has 0 aliphatic heterocycles. The fraction of sp³-hybridized carbons (Fsp3) is 0.455. The third-order valence-electron chi connectivity index (χ3n) is 2.52. The second-order valence-electron chi connectivity index (χ2n) is 3.84. The van der Waals surface area contributed by atoms with Gasteiger partial charge >= 0.3 is 0 Å². The van der Waals surface area contributed by atoms with Gasteiger partial charge in [-0.3, -0.25) is 4.31 Å². The Morgan fingerprint density at radius 3 is 2.59 bits per heavy atom. The molecule has 17 heavy (non-hydrogen) atoms. The van der Waals surface area contributed by atoms with E-state index in [-0.39, 0.29) is 5.75 Å². The van der Waals surface area contributed by atoms with E-state index in [0.717, 1.165) is 6.42 Å². The van der Waals surface area contributed by atoms with Gasteiger partial charge in [-0.2, -0.15) is 0 Å². The summed E-state index contributed by atoms with van der Waals surface area (Å²) in [6, 6.07) is 4.80. The van der Waals surface area contributed by atoms with Crippen molar-refractivity contribution in [2.75, 3.05) is 22.8 Å². The monoisotopic (exact) mass is 276 g/mol. The minimum Gasteiger partial charge on any atom is -0.397 e. The van der Waals surface area contributed by atoms with E-state index in [0.29, 0.717) is 22.8 Å². The quantitative estimate of drug-likeness (QED) is 0.841. The van der Waals surface area contributed by atoms with Crippen LogP contribution in [0.15, 0.2) is 18.2 Å². The molecule has 1 aromatic carbocycles. The van der Waals surface area contributed by atoms with Crippen LogP contribution in [0.4, 0.5) is 11.4 Å². The molecule has 2 N–H and O–H groups in total. The maximum Gasteiger partial charge on any atom is 0.234 e. The predicted molar refractivity (Wildman–Crippen MR) is 73.0 cm³/mol. The van der Waals surface area contributed by atoms with Gasteiger partial charge in [-0.15, -0.1) is 0 Å². The lowest BCUT2D eigenvalue weighted by Crippen LogP contribution is -2.29. The van der Waals surface area contributed by atoms with Crippen molar-refractivity contribution in [1.82, 2.24) is 0 Å². The first-order chi connectivity index (χ1) is 7.88. The molecule has 0 spiro atoms. The predicted octanol–water partition coefficient (Wildman–Crippen LogP) is 2.49. The topological polar surface area (TPSA) is 63.4 Å². The lowest BCUT2D eigenvalue weighted by Gasteiger charge is -2.19. The van der Waals surface area contributed by atoms with Crippen LogP contribution < -0.4 is 10.0 Å². The molecule has 0 heterocycles. The van der Waals surface area contributed by atoms with Crippen molar-refractivity contribution < 1.29 is 8.42 Å². The van der Waals surface area contributed by atoms with E-state index in [1.165, 1.54) is 11.4 Å². The van der Waals surface area contributed by atoms with E-state index >= 15 is 0 Å². The Balaban J connectivity index is 2.95. The first-order valence-corrected chi connectivity index (χ1v) is 7.39. The van der Waals surface area contributed by atoms with Gasteiger partial charge in [0, 0.05) is 7.05 Å². The molecule has 0 atom stereocenters. The van der Waals surface area contributed by atoms with Crippen LogP contribution in [0.3, 0.4) is 0 Å². The van der Waals surface area contributed by atoms with E-state index < -0.39 is 10.0 Å². The summed E-state index contributed by atoms with van der Waals surface area (Å²) in [6.45, 7) is 1.95. The van der Waals surface area contributed by atoms with Crippen molar-refractivity contribution in [3.8, 4) is 0 Å². The average molecular weight is 277 g/mol. The van der Waals surface area contributed by atoms with E-state index in [9.17, 15) is 8.42 Å². The molecule has 4 nitrogen and oxygen atoms in total. The first-order valence-electron chi connectivity index (χ1n) is 5.40. The minimum absolute atomic E-state index is 0.141. The number of anilines is 2. The Kier molecular flexibility index (Phi) is 4.65. The highest BCUT2D eigenvalue weighted by molar-refractivity contribution is 7.92. The van der Waals surface area contributed by atoms with Crippen LogP contribution >= 0.6 is 11.6 Å². The third kappa shape index (κ3) is 3.51. The molecule has 0 saturated heterocycles. The van der Waals surface area contributed by atoms with Crippen LogP contribution in [-0.4, -0.2) is 21.2 Å². The molecule has 0 unspecified atom stereocenters. The molecule has 0 radical (unpaired) electrons. The zero-order valence-corrected chi connectivity index (χ0v) is 11.6. The van der Waals surface area contributed by atoms with Crippen LogP contribution in [0.25, 0.3) is 0 Å². The number of unbranched alkanes of at least 4 members (excludes halogenated alkanes) is 1. The number of nitrogens with two attached hydrogens (primary N) is 1. The summed E-state index contributed by atoms with van der Waals surface area (Å²) in [5, 5.41) is 0.424. The van der Waals surface area contributed by atoms with Gasteiger partial charge in [-0.25, -0.2) is 8.42 Å². The largest absolute Gasteiger partial charge is 0.397 e. The summed E-state index contributed by atoms with van der Waals surface area (Å²) in [5.41, 5.74) is 6.56. The molecule has 0 aliphatic rings. The smallest absolute Gasteiger partial charge is 0.234 e. The fourth-order valence-corrected chi connectivity index (χ4v) is 2.83. The molecule has 1 rings (SSSR count). The number of nitrogens with zero attached hydrogens (tertiary/aromatic N) is 1. The number of benzene rings is 1. The SMILES string of the molecule is CCCCS(=O)(=O)N(C)c1ccc(Cl)c(N)c1. The molecule has 0 aromatic heterocycles. The van der Waals surface area contributed by atoms with Crippen molar-refractivity contribution in [2.24, 2.45) is 0 Å². The Morgan fingerprint density at radius 2 is 2.06 bits per heavy atom. The number of rotatable bonds is 5.